The van der Waals surface area contributed by atoms with Crippen LogP contribution in [0.25, 0.3) is 0 Å². The number of ether oxygens (including phenoxy) is 1. The molecule has 0 saturated heterocycles. The molecule has 0 heterocycles. The first-order chi connectivity index (χ1) is 7.97. The number of nitrogens with two attached hydrogens (primary N) is 2. The number of anilines is 1. The monoisotopic (exact) mass is 238 g/mol. The van der Waals surface area contributed by atoms with E-state index in [1.807, 2.05) is 0 Å². The van der Waals surface area contributed by atoms with Crippen LogP contribution in [0.2, 0.25) is 0 Å². The summed E-state index contributed by atoms with van der Waals surface area (Å²) in [5, 5.41) is 8.87. The fraction of sp³-hybridized carbons (Fsp3) is 0.273. The quantitative estimate of drug-likeness (QED) is 0.650. The Hall–Kier alpha value is -2.24. The molecular weight excluding hydrogens is 224 g/mol. The van der Waals surface area contributed by atoms with Gasteiger partial charge in [0.1, 0.15) is 0 Å². The first kappa shape index (κ1) is 12.8. The number of benzene rings is 1. The largest absolute Gasteiger partial charge is 0.479 e. The molecule has 1 atom stereocenters. The molecule has 0 aromatic heterocycles. The maximum absolute atomic E-state index is 11.2. The third-order valence-corrected chi connectivity index (χ3v) is 2.22. The number of carboxylic acids is 1. The Kier molecular flexibility index (Phi) is 3.92. The highest BCUT2D eigenvalue weighted by Gasteiger charge is 2.21. The zero-order valence-electron chi connectivity index (χ0n) is 9.34. The lowest BCUT2D eigenvalue weighted by Gasteiger charge is -2.16. The van der Waals surface area contributed by atoms with E-state index in [9.17, 15) is 9.59 Å². The van der Waals surface area contributed by atoms with Crippen LogP contribution in [0.5, 0.6) is 5.75 Å². The molecule has 92 valence electrons. The smallest absolute Gasteiger partial charge is 0.344 e. The molecule has 0 aliphatic heterocycles. The molecule has 1 aromatic carbocycles. The van der Waals surface area contributed by atoms with Crippen molar-refractivity contribution in [3.8, 4) is 5.75 Å². The number of hydrogen-bond donors (Lipinski definition) is 3. The van der Waals surface area contributed by atoms with Gasteiger partial charge in [-0.25, -0.2) is 4.79 Å². The molecule has 0 aliphatic carbocycles. The second-order valence-corrected chi connectivity index (χ2v) is 3.44. The molecule has 1 aromatic rings. The predicted octanol–water partition coefficient (Wildman–Crippen LogP) is 0.610. The molecule has 6 heteroatoms. The van der Waals surface area contributed by atoms with Gasteiger partial charge < -0.3 is 21.3 Å². The standard InChI is InChI=1S/C11H14N2O4/c1-2-8(11(15)16)17-9-6(10(13)14)4-3-5-7(9)12/h3-5,8H,2,12H2,1H3,(H2,13,14)(H,15,16). The summed E-state index contributed by atoms with van der Waals surface area (Å²) in [4.78, 5) is 22.0. The van der Waals surface area contributed by atoms with E-state index in [0.717, 1.165) is 0 Å². The van der Waals surface area contributed by atoms with E-state index in [1.54, 1.807) is 13.0 Å². The second-order valence-electron chi connectivity index (χ2n) is 3.44. The maximum atomic E-state index is 11.2. The van der Waals surface area contributed by atoms with Crippen LogP contribution in [0.15, 0.2) is 18.2 Å². The topological polar surface area (TPSA) is 116 Å². The molecule has 5 N–H and O–H groups in total. The molecular formula is C11H14N2O4. The van der Waals surface area contributed by atoms with Gasteiger partial charge in [-0.05, 0) is 18.6 Å². The van der Waals surface area contributed by atoms with Crippen LogP contribution in [-0.2, 0) is 4.79 Å². The average molecular weight is 238 g/mol. The SMILES string of the molecule is CCC(Oc1c(N)cccc1C(N)=O)C(=O)O. The Labute approximate surface area is 98.2 Å². The summed E-state index contributed by atoms with van der Waals surface area (Å²) in [6, 6.07) is 4.49. The lowest BCUT2D eigenvalue weighted by atomic mass is 10.1. The number of carbonyl (C=O) groups is 2. The molecule has 0 bridgehead atoms. The Bertz CT molecular complexity index is 445. The first-order valence-corrected chi connectivity index (χ1v) is 5.05. The van der Waals surface area contributed by atoms with Gasteiger partial charge in [0.25, 0.3) is 5.91 Å². The van der Waals surface area contributed by atoms with E-state index >= 15 is 0 Å². The molecule has 1 rings (SSSR count). The fourth-order valence-corrected chi connectivity index (χ4v) is 1.33. The van der Waals surface area contributed by atoms with E-state index in [4.69, 9.17) is 21.3 Å². The van der Waals surface area contributed by atoms with Crippen molar-refractivity contribution in [2.75, 3.05) is 5.73 Å². The lowest BCUT2D eigenvalue weighted by Crippen LogP contribution is -2.27. The Morgan fingerprint density at radius 2 is 2.12 bits per heavy atom. The van der Waals surface area contributed by atoms with Crippen molar-refractivity contribution >= 4 is 17.6 Å². The van der Waals surface area contributed by atoms with Crippen molar-refractivity contribution in [3.63, 3.8) is 0 Å². The number of carboxylic acid groups (broad SMARTS) is 1. The number of para-hydroxylation sites is 1. The normalized spacial score (nSPS) is 11.8. The summed E-state index contributed by atoms with van der Waals surface area (Å²) in [7, 11) is 0. The van der Waals surface area contributed by atoms with Crippen LogP contribution in [0.3, 0.4) is 0 Å². The molecule has 6 nitrogen and oxygen atoms in total. The molecule has 0 saturated carbocycles. The van der Waals surface area contributed by atoms with Gasteiger partial charge in [-0.2, -0.15) is 0 Å². The van der Waals surface area contributed by atoms with Gasteiger partial charge in [0, 0.05) is 0 Å². The van der Waals surface area contributed by atoms with Gasteiger partial charge in [0.2, 0.25) is 0 Å². The van der Waals surface area contributed by atoms with Crippen molar-refractivity contribution in [2.24, 2.45) is 5.73 Å². The highest BCUT2D eigenvalue weighted by Crippen LogP contribution is 2.27. The number of amides is 1. The van der Waals surface area contributed by atoms with E-state index in [1.165, 1.54) is 12.1 Å². The number of aliphatic carboxylic acids is 1. The Morgan fingerprint density at radius 3 is 2.59 bits per heavy atom. The van der Waals surface area contributed by atoms with Gasteiger partial charge in [-0.1, -0.05) is 13.0 Å². The minimum Gasteiger partial charge on any atom is -0.479 e. The predicted molar refractivity (Wildman–Crippen MR) is 61.7 cm³/mol. The molecule has 1 unspecified atom stereocenters. The number of carbonyl (C=O) groups excluding carboxylic acids is 1. The molecule has 0 fully saturated rings. The lowest BCUT2D eigenvalue weighted by molar-refractivity contribution is -0.145. The summed E-state index contributed by atoms with van der Waals surface area (Å²) in [6.45, 7) is 1.65. The third kappa shape index (κ3) is 2.87. The third-order valence-electron chi connectivity index (χ3n) is 2.22. The van der Waals surface area contributed by atoms with E-state index in [2.05, 4.69) is 0 Å². The minimum absolute atomic E-state index is 0.0225. The van der Waals surface area contributed by atoms with E-state index in [-0.39, 0.29) is 23.4 Å². The van der Waals surface area contributed by atoms with Crippen LogP contribution < -0.4 is 16.2 Å². The highest BCUT2D eigenvalue weighted by atomic mass is 16.5. The van der Waals surface area contributed by atoms with Gasteiger partial charge >= 0.3 is 5.97 Å². The average Bonchev–Trinajstić information content (AvgIpc) is 2.26. The molecule has 1 amide bonds. The summed E-state index contributed by atoms with van der Waals surface area (Å²) in [5.41, 5.74) is 11.0. The van der Waals surface area contributed by atoms with E-state index in [0.29, 0.717) is 0 Å². The van der Waals surface area contributed by atoms with Crippen LogP contribution in [0, 0.1) is 0 Å². The van der Waals surface area contributed by atoms with Gasteiger partial charge in [0.05, 0.1) is 11.3 Å². The Balaban J connectivity index is 3.12. The van der Waals surface area contributed by atoms with Crippen molar-refractivity contribution in [1.82, 2.24) is 0 Å². The maximum Gasteiger partial charge on any atom is 0.344 e. The summed E-state index contributed by atoms with van der Waals surface area (Å²) >= 11 is 0. The van der Waals surface area contributed by atoms with Crippen molar-refractivity contribution in [2.45, 2.75) is 19.4 Å². The number of primary amides is 1. The zero-order valence-corrected chi connectivity index (χ0v) is 9.34. The molecule has 0 radical (unpaired) electrons. The number of rotatable bonds is 5. The van der Waals surface area contributed by atoms with Gasteiger partial charge in [-0.3, -0.25) is 4.79 Å². The fourth-order valence-electron chi connectivity index (χ4n) is 1.33. The summed E-state index contributed by atoms with van der Waals surface area (Å²) < 4.78 is 5.22. The summed E-state index contributed by atoms with van der Waals surface area (Å²) in [6.07, 6.45) is -0.806. The molecule has 0 aliphatic rings. The van der Waals surface area contributed by atoms with Gasteiger partial charge in [0.15, 0.2) is 11.9 Å². The second kappa shape index (κ2) is 5.20. The number of nitrogen functional groups attached to an aromatic ring is 1. The highest BCUT2D eigenvalue weighted by molar-refractivity contribution is 5.97. The first-order valence-electron chi connectivity index (χ1n) is 5.05. The van der Waals surface area contributed by atoms with Crippen LogP contribution in [0.1, 0.15) is 23.7 Å². The minimum atomic E-state index is -1.12. The van der Waals surface area contributed by atoms with Crippen molar-refractivity contribution in [3.05, 3.63) is 23.8 Å². The molecule has 0 spiro atoms. The van der Waals surface area contributed by atoms with Gasteiger partial charge in [-0.15, -0.1) is 0 Å². The van der Waals surface area contributed by atoms with E-state index < -0.39 is 18.0 Å². The van der Waals surface area contributed by atoms with Crippen molar-refractivity contribution in [1.29, 1.82) is 0 Å². The van der Waals surface area contributed by atoms with Crippen LogP contribution >= 0.6 is 0 Å². The van der Waals surface area contributed by atoms with Crippen LogP contribution in [0.4, 0.5) is 5.69 Å². The van der Waals surface area contributed by atoms with Crippen LogP contribution in [-0.4, -0.2) is 23.1 Å². The van der Waals surface area contributed by atoms with Crippen molar-refractivity contribution < 1.29 is 19.4 Å². The Morgan fingerprint density at radius 1 is 1.47 bits per heavy atom. The summed E-state index contributed by atoms with van der Waals surface area (Å²) in [5.74, 6) is -1.81. The molecule has 17 heavy (non-hydrogen) atoms. The zero-order chi connectivity index (χ0) is 13.0. The number of hydrogen-bond acceptors (Lipinski definition) is 4.